The highest BCUT2D eigenvalue weighted by molar-refractivity contribution is 5.98. The molecule has 9 nitrogen and oxygen atoms in total. The summed E-state index contributed by atoms with van der Waals surface area (Å²) in [6.45, 7) is 2.07. The molecule has 0 heterocycles. The van der Waals surface area contributed by atoms with Crippen LogP contribution in [0.5, 0.6) is 17.2 Å². The number of amides is 3. The molecule has 9 heteroatoms. The van der Waals surface area contributed by atoms with E-state index in [4.69, 9.17) is 14.2 Å². The summed E-state index contributed by atoms with van der Waals surface area (Å²) in [6, 6.07) is 2.96. The van der Waals surface area contributed by atoms with E-state index in [1.54, 1.807) is 0 Å². The van der Waals surface area contributed by atoms with Gasteiger partial charge in [-0.1, -0.05) is 6.92 Å². The number of carbonyl (C=O) groups excluding carboxylic acids is 3. The second-order valence-corrected chi connectivity index (χ2v) is 5.22. The number of rotatable bonds is 10. The molecule has 0 saturated heterocycles. The van der Waals surface area contributed by atoms with Crippen molar-refractivity contribution in [3.63, 3.8) is 0 Å². The summed E-state index contributed by atoms with van der Waals surface area (Å²) in [6.07, 6.45) is 0.810. The lowest BCUT2D eigenvalue weighted by Gasteiger charge is -2.14. The Hall–Kier alpha value is -2.97. The monoisotopic (exact) mass is 367 g/mol. The van der Waals surface area contributed by atoms with E-state index in [2.05, 4.69) is 16.0 Å². The molecule has 0 saturated carbocycles. The van der Waals surface area contributed by atoms with Crippen molar-refractivity contribution in [1.29, 1.82) is 0 Å². The van der Waals surface area contributed by atoms with E-state index in [1.807, 2.05) is 6.92 Å². The maximum Gasteiger partial charge on any atom is 0.251 e. The summed E-state index contributed by atoms with van der Waals surface area (Å²) in [5.41, 5.74) is 0.244. The lowest BCUT2D eigenvalue weighted by Crippen LogP contribution is -2.42. The molecule has 3 N–H and O–H groups in total. The highest BCUT2D eigenvalue weighted by Gasteiger charge is 2.17. The number of ether oxygens (including phenoxy) is 3. The number of nitrogens with one attached hydrogen (secondary N) is 3. The van der Waals surface area contributed by atoms with Crippen LogP contribution in [0, 0.1) is 0 Å². The largest absolute Gasteiger partial charge is 0.493 e. The van der Waals surface area contributed by atoms with Crippen molar-refractivity contribution in [2.24, 2.45) is 0 Å². The molecule has 1 aromatic carbocycles. The Morgan fingerprint density at radius 1 is 0.846 bits per heavy atom. The van der Waals surface area contributed by atoms with Crippen LogP contribution in [-0.2, 0) is 9.59 Å². The Kier molecular flexibility index (Phi) is 8.76. The molecule has 1 aromatic rings. The minimum Gasteiger partial charge on any atom is -0.493 e. The fraction of sp³-hybridized carbons (Fsp3) is 0.471. The Morgan fingerprint density at radius 2 is 1.38 bits per heavy atom. The minimum absolute atomic E-state index is 0.140. The molecule has 1 rings (SSSR count). The third-order valence-electron chi connectivity index (χ3n) is 3.35. The predicted octanol–water partition coefficient (Wildman–Crippen LogP) is 0.0846. The van der Waals surface area contributed by atoms with Gasteiger partial charge in [-0.3, -0.25) is 14.4 Å². The third kappa shape index (κ3) is 6.15. The molecule has 0 fully saturated rings. The molecule has 0 aliphatic rings. The molecule has 0 spiro atoms. The first kappa shape index (κ1) is 21.1. The van der Waals surface area contributed by atoms with Crippen molar-refractivity contribution in [2.45, 2.75) is 13.3 Å². The maximum absolute atomic E-state index is 12.2. The second kappa shape index (κ2) is 10.8. The van der Waals surface area contributed by atoms with Gasteiger partial charge in [-0.05, 0) is 18.6 Å². The molecule has 0 aliphatic heterocycles. The fourth-order valence-electron chi connectivity index (χ4n) is 2.04. The van der Waals surface area contributed by atoms with Crippen molar-refractivity contribution >= 4 is 17.7 Å². The minimum atomic E-state index is -0.491. The Bertz CT molecular complexity index is 622. The van der Waals surface area contributed by atoms with Gasteiger partial charge >= 0.3 is 0 Å². The first-order valence-electron chi connectivity index (χ1n) is 8.08. The van der Waals surface area contributed by atoms with E-state index >= 15 is 0 Å². The standard InChI is InChI=1S/C17H25N3O6/c1-5-6-18-14(21)9-19-15(22)10-20-17(23)11-7-12(24-2)16(26-4)13(8-11)25-3/h7-8H,5-6,9-10H2,1-4H3,(H,18,21)(H,19,22)(H,20,23). The maximum atomic E-state index is 12.2. The molecule has 0 aliphatic carbocycles. The Labute approximate surface area is 152 Å². The number of carbonyl (C=O) groups is 3. The molecule has 0 aromatic heterocycles. The summed E-state index contributed by atoms with van der Waals surface area (Å²) < 4.78 is 15.6. The molecular weight excluding hydrogens is 342 g/mol. The molecule has 0 atom stereocenters. The average molecular weight is 367 g/mol. The van der Waals surface area contributed by atoms with Gasteiger partial charge in [0.1, 0.15) is 0 Å². The number of methoxy groups -OCH3 is 3. The van der Waals surface area contributed by atoms with Crippen molar-refractivity contribution in [3.8, 4) is 17.2 Å². The first-order chi connectivity index (χ1) is 12.5. The summed E-state index contributed by atoms with van der Waals surface area (Å²) in [5.74, 6) is -0.228. The van der Waals surface area contributed by atoms with Crippen LogP contribution in [0.25, 0.3) is 0 Å². The molecule has 144 valence electrons. The Morgan fingerprint density at radius 3 is 1.88 bits per heavy atom. The topological polar surface area (TPSA) is 115 Å². The van der Waals surface area contributed by atoms with Crippen LogP contribution in [-0.4, -0.2) is 58.7 Å². The lowest BCUT2D eigenvalue weighted by molar-refractivity contribution is -0.125. The van der Waals surface area contributed by atoms with Crippen LogP contribution in [0.3, 0.4) is 0 Å². The van der Waals surface area contributed by atoms with Crippen LogP contribution < -0.4 is 30.2 Å². The van der Waals surface area contributed by atoms with E-state index in [-0.39, 0.29) is 24.6 Å². The molecular formula is C17H25N3O6. The van der Waals surface area contributed by atoms with Crippen molar-refractivity contribution in [1.82, 2.24) is 16.0 Å². The molecule has 0 bridgehead atoms. The smallest absolute Gasteiger partial charge is 0.251 e. The Balaban J connectivity index is 2.62. The zero-order valence-electron chi connectivity index (χ0n) is 15.4. The van der Waals surface area contributed by atoms with Crippen molar-refractivity contribution in [3.05, 3.63) is 17.7 Å². The van der Waals surface area contributed by atoms with Gasteiger partial charge < -0.3 is 30.2 Å². The van der Waals surface area contributed by atoms with Gasteiger partial charge in [0.25, 0.3) is 5.91 Å². The van der Waals surface area contributed by atoms with E-state index in [0.29, 0.717) is 23.8 Å². The van der Waals surface area contributed by atoms with Crippen LogP contribution >= 0.6 is 0 Å². The molecule has 26 heavy (non-hydrogen) atoms. The van der Waals surface area contributed by atoms with E-state index < -0.39 is 11.8 Å². The van der Waals surface area contributed by atoms with Crippen LogP contribution in [0.4, 0.5) is 0 Å². The van der Waals surface area contributed by atoms with Crippen LogP contribution in [0.15, 0.2) is 12.1 Å². The lowest BCUT2D eigenvalue weighted by atomic mass is 10.1. The third-order valence-corrected chi connectivity index (χ3v) is 3.35. The van der Waals surface area contributed by atoms with E-state index in [9.17, 15) is 14.4 Å². The van der Waals surface area contributed by atoms with Gasteiger partial charge in [0.05, 0.1) is 34.4 Å². The predicted molar refractivity (Wildman–Crippen MR) is 94.7 cm³/mol. The highest BCUT2D eigenvalue weighted by Crippen LogP contribution is 2.38. The number of hydrogen-bond donors (Lipinski definition) is 3. The van der Waals surface area contributed by atoms with Gasteiger partial charge in [0, 0.05) is 12.1 Å². The molecule has 3 amide bonds. The van der Waals surface area contributed by atoms with Gasteiger partial charge in [0.2, 0.25) is 17.6 Å². The van der Waals surface area contributed by atoms with Crippen molar-refractivity contribution < 1.29 is 28.6 Å². The SMILES string of the molecule is CCCNC(=O)CNC(=O)CNC(=O)c1cc(OC)c(OC)c(OC)c1. The van der Waals surface area contributed by atoms with Crippen LogP contribution in [0.2, 0.25) is 0 Å². The summed E-state index contributed by atoms with van der Waals surface area (Å²) in [5, 5.41) is 7.53. The van der Waals surface area contributed by atoms with Crippen LogP contribution in [0.1, 0.15) is 23.7 Å². The molecule has 0 unspecified atom stereocenters. The zero-order valence-corrected chi connectivity index (χ0v) is 15.4. The van der Waals surface area contributed by atoms with Gasteiger partial charge in [-0.15, -0.1) is 0 Å². The number of benzene rings is 1. The van der Waals surface area contributed by atoms with Gasteiger partial charge in [-0.2, -0.15) is 0 Å². The average Bonchev–Trinajstić information content (AvgIpc) is 2.67. The first-order valence-corrected chi connectivity index (χ1v) is 8.08. The van der Waals surface area contributed by atoms with Crippen molar-refractivity contribution in [2.75, 3.05) is 41.0 Å². The summed E-state index contributed by atoms with van der Waals surface area (Å²) in [4.78, 5) is 35.4. The zero-order chi connectivity index (χ0) is 19.5. The highest BCUT2D eigenvalue weighted by atomic mass is 16.5. The van der Waals surface area contributed by atoms with Gasteiger partial charge in [-0.25, -0.2) is 0 Å². The van der Waals surface area contributed by atoms with Gasteiger partial charge in [0.15, 0.2) is 11.5 Å². The summed E-state index contributed by atoms with van der Waals surface area (Å²) >= 11 is 0. The van der Waals surface area contributed by atoms with E-state index in [1.165, 1.54) is 33.5 Å². The van der Waals surface area contributed by atoms with E-state index in [0.717, 1.165) is 6.42 Å². The molecule has 0 radical (unpaired) electrons. The quantitative estimate of drug-likeness (QED) is 0.540. The second-order valence-electron chi connectivity index (χ2n) is 5.22. The number of hydrogen-bond acceptors (Lipinski definition) is 6. The normalized spacial score (nSPS) is 9.85. The fourth-order valence-corrected chi connectivity index (χ4v) is 2.04. The summed E-state index contributed by atoms with van der Waals surface area (Å²) in [7, 11) is 4.34.